The van der Waals surface area contributed by atoms with Crippen LogP contribution in [0.4, 0.5) is 10.2 Å². The van der Waals surface area contributed by atoms with Crippen molar-refractivity contribution in [2.45, 2.75) is 85.4 Å². The van der Waals surface area contributed by atoms with Gasteiger partial charge in [0, 0.05) is 19.2 Å². The highest BCUT2D eigenvalue weighted by Crippen LogP contribution is 2.31. The average Bonchev–Trinajstić information content (AvgIpc) is 3.19. The topological polar surface area (TPSA) is 56.8 Å². The molecule has 0 spiro atoms. The maximum absolute atomic E-state index is 13.7. The van der Waals surface area contributed by atoms with Crippen molar-refractivity contribution in [3.63, 3.8) is 0 Å². The first-order chi connectivity index (χ1) is 17.6. The van der Waals surface area contributed by atoms with Crippen molar-refractivity contribution >= 4 is 16.9 Å². The molecule has 3 heterocycles. The van der Waals surface area contributed by atoms with Crippen LogP contribution in [0.15, 0.2) is 36.7 Å². The molecule has 5 rings (SSSR count). The number of anilines is 1. The van der Waals surface area contributed by atoms with Crippen LogP contribution in [0.1, 0.15) is 84.0 Å². The van der Waals surface area contributed by atoms with E-state index in [0.29, 0.717) is 28.6 Å². The van der Waals surface area contributed by atoms with Crippen LogP contribution in [0, 0.1) is 17.3 Å². The summed E-state index contributed by atoms with van der Waals surface area (Å²) in [6.45, 7) is 14.5. The molecule has 37 heavy (non-hydrogen) atoms. The summed E-state index contributed by atoms with van der Waals surface area (Å²) < 4.78 is 13.7. The molecule has 1 aromatic carbocycles. The lowest BCUT2D eigenvalue weighted by molar-refractivity contribution is 0.0950. The molecule has 200 valence electrons. The van der Waals surface area contributed by atoms with E-state index < -0.39 is 5.67 Å². The largest absolute Gasteiger partial charge is 0.372 e. The van der Waals surface area contributed by atoms with E-state index in [-0.39, 0.29) is 0 Å². The summed E-state index contributed by atoms with van der Waals surface area (Å²) in [6, 6.07) is 10.8. The van der Waals surface area contributed by atoms with Gasteiger partial charge in [-0.1, -0.05) is 64.2 Å². The Labute approximate surface area is 222 Å². The van der Waals surface area contributed by atoms with E-state index in [2.05, 4.69) is 89.0 Å². The predicted molar refractivity (Wildman–Crippen MR) is 154 cm³/mol. The molecular formula is C31H44FN5. The normalized spacial score (nSPS) is 18.6. The van der Waals surface area contributed by atoms with Gasteiger partial charge in [-0.25, -0.2) is 14.4 Å². The highest BCUT2D eigenvalue weighted by Gasteiger charge is 2.30. The number of aromatic amines is 1. The minimum atomic E-state index is -1.40. The third-order valence-corrected chi connectivity index (χ3v) is 6.75. The summed E-state index contributed by atoms with van der Waals surface area (Å²) >= 11 is 0. The number of hydrogen-bond donors (Lipinski definition) is 2. The van der Waals surface area contributed by atoms with Crippen molar-refractivity contribution in [2.24, 2.45) is 5.41 Å². The lowest BCUT2D eigenvalue weighted by Crippen LogP contribution is -2.45. The van der Waals surface area contributed by atoms with Crippen LogP contribution in [0.3, 0.4) is 0 Å². The third kappa shape index (κ3) is 7.79. The summed E-state index contributed by atoms with van der Waals surface area (Å²) in [5.41, 5.74) is 2.88. The van der Waals surface area contributed by atoms with Crippen LogP contribution in [0.25, 0.3) is 11.0 Å². The number of aromatic nitrogens is 3. The number of likely N-dealkylation sites (tertiary alicyclic amines) is 1. The minimum Gasteiger partial charge on any atom is -0.372 e. The van der Waals surface area contributed by atoms with Gasteiger partial charge >= 0.3 is 0 Å². The molecule has 2 aliphatic rings. The number of H-pyrrole nitrogens is 1. The smallest absolute Gasteiger partial charge is 0.145 e. The van der Waals surface area contributed by atoms with Crippen molar-refractivity contribution in [1.82, 2.24) is 19.9 Å². The van der Waals surface area contributed by atoms with Crippen LogP contribution in [0.5, 0.6) is 0 Å². The first-order valence-electron chi connectivity index (χ1n) is 13.6. The van der Waals surface area contributed by atoms with Crippen LogP contribution in [0.2, 0.25) is 0 Å². The molecule has 1 atom stereocenters. The number of piperidine rings is 1. The quantitative estimate of drug-likeness (QED) is 0.373. The van der Waals surface area contributed by atoms with Crippen LogP contribution in [-0.2, 0) is 12.1 Å². The predicted octanol–water partition coefficient (Wildman–Crippen LogP) is 7.10. The van der Waals surface area contributed by atoms with Crippen molar-refractivity contribution in [2.75, 3.05) is 25.5 Å². The summed E-state index contributed by atoms with van der Waals surface area (Å²) in [6.07, 6.45) is 7.69. The molecule has 0 amide bonds. The Morgan fingerprint density at radius 1 is 1.22 bits per heavy atom. The summed E-state index contributed by atoms with van der Waals surface area (Å²) in [7, 11) is 1.77. The molecule has 1 aliphatic heterocycles. The van der Waals surface area contributed by atoms with Crippen molar-refractivity contribution < 1.29 is 4.39 Å². The van der Waals surface area contributed by atoms with Gasteiger partial charge in [-0.15, -0.1) is 0 Å². The van der Waals surface area contributed by atoms with E-state index in [9.17, 15) is 4.39 Å². The number of halogens is 1. The Balaban J connectivity index is 0.000000190. The van der Waals surface area contributed by atoms with E-state index in [1.54, 1.807) is 13.1 Å². The molecule has 1 unspecified atom stereocenters. The Hall–Kier alpha value is -2.91. The number of fused-ring (bicyclic) bond motifs is 2. The number of alkyl halides is 1. The number of rotatable bonds is 3. The maximum Gasteiger partial charge on any atom is 0.145 e. The second-order valence-corrected chi connectivity index (χ2v) is 11.3. The second kappa shape index (κ2) is 12.6. The Kier molecular flexibility index (Phi) is 9.73. The molecule has 1 aliphatic carbocycles. The maximum atomic E-state index is 13.7. The average molecular weight is 506 g/mol. The van der Waals surface area contributed by atoms with Crippen LogP contribution >= 0.6 is 0 Å². The summed E-state index contributed by atoms with van der Waals surface area (Å²) in [4.78, 5) is 13.7. The number of nitrogens with one attached hydrogen (secondary N) is 2. The van der Waals surface area contributed by atoms with E-state index in [0.717, 1.165) is 11.8 Å². The van der Waals surface area contributed by atoms with Crippen molar-refractivity contribution in [3.05, 3.63) is 53.5 Å². The van der Waals surface area contributed by atoms with Gasteiger partial charge in [-0.3, -0.25) is 4.90 Å². The Morgan fingerprint density at radius 3 is 2.62 bits per heavy atom. The van der Waals surface area contributed by atoms with Gasteiger partial charge in [0.05, 0.1) is 17.1 Å². The van der Waals surface area contributed by atoms with E-state index >= 15 is 0 Å². The molecule has 0 bridgehead atoms. The van der Waals surface area contributed by atoms with Crippen LogP contribution < -0.4 is 5.32 Å². The molecule has 0 saturated carbocycles. The van der Waals surface area contributed by atoms with Gasteiger partial charge in [0.15, 0.2) is 0 Å². The van der Waals surface area contributed by atoms with Gasteiger partial charge < -0.3 is 10.3 Å². The summed E-state index contributed by atoms with van der Waals surface area (Å²) in [5.74, 6) is 7.63. The van der Waals surface area contributed by atoms with Crippen LogP contribution in [-0.4, -0.2) is 46.0 Å². The Morgan fingerprint density at radius 2 is 1.95 bits per heavy atom. The van der Waals surface area contributed by atoms with Gasteiger partial charge in [0.1, 0.15) is 23.5 Å². The third-order valence-electron chi connectivity index (χ3n) is 6.75. The molecule has 5 nitrogen and oxygen atoms in total. The van der Waals surface area contributed by atoms with Crippen molar-refractivity contribution in [3.8, 4) is 11.8 Å². The van der Waals surface area contributed by atoms with Gasteiger partial charge in [0.25, 0.3) is 0 Å². The number of benzene rings is 1. The lowest BCUT2D eigenvalue weighted by atomic mass is 9.83. The van der Waals surface area contributed by atoms with Gasteiger partial charge in [0.2, 0.25) is 0 Å². The molecule has 6 heteroatoms. The minimum absolute atomic E-state index is 0.451. The second-order valence-electron chi connectivity index (χ2n) is 11.3. The molecule has 1 saturated heterocycles. The summed E-state index contributed by atoms with van der Waals surface area (Å²) in [5, 5.41) is 3.75. The van der Waals surface area contributed by atoms with Crippen molar-refractivity contribution in [1.29, 1.82) is 0 Å². The van der Waals surface area contributed by atoms with E-state index in [1.807, 2.05) is 0 Å². The molecule has 2 N–H and O–H groups in total. The van der Waals surface area contributed by atoms with Gasteiger partial charge in [-0.2, -0.15) is 0 Å². The first-order valence-corrected chi connectivity index (χ1v) is 13.6. The number of hydrogen-bond acceptors (Lipinski definition) is 4. The number of nitrogens with zero attached hydrogens (tertiary/aromatic N) is 3. The highest BCUT2D eigenvalue weighted by atomic mass is 19.1. The monoisotopic (exact) mass is 505 g/mol. The fourth-order valence-corrected chi connectivity index (χ4v) is 4.85. The molecular weight excluding hydrogens is 461 g/mol. The first kappa shape index (κ1) is 28.7. The zero-order valence-corrected chi connectivity index (χ0v) is 23.7. The SMILES string of the molecule is CC1(C)CCCN(C2C#Cc3ccccc3CC2)C1.CCC.CNc1ncnc2[nH]c(C(C)(C)F)cc12. The van der Waals surface area contributed by atoms with Gasteiger partial charge in [-0.05, 0) is 69.2 Å². The zero-order valence-electron chi connectivity index (χ0n) is 23.7. The molecule has 3 aromatic rings. The zero-order chi connectivity index (χ0) is 27.1. The molecule has 0 radical (unpaired) electrons. The highest BCUT2D eigenvalue weighted by molar-refractivity contribution is 5.87. The molecule has 1 fully saturated rings. The fourth-order valence-electron chi connectivity index (χ4n) is 4.85. The Bertz CT molecular complexity index is 1210. The van der Waals surface area contributed by atoms with E-state index in [4.69, 9.17) is 0 Å². The molecule has 2 aromatic heterocycles. The standard InChI is InChI=1S/C18H23N.C10H13FN4.C3H8/c1-18(2)12-5-13-19(14-18)17-10-8-15-6-3-4-7-16(15)9-11-17;1-10(2,11)7-4-6-8(12-3)13-5-14-9(6)15-7;1-3-2/h3-4,6-7,17H,5,8,10,12-14H2,1-2H3;4-5H,1-3H3,(H2,12,13,14,15);3H2,1-2H3. The van der Waals surface area contributed by atoms with E-state index in [1.165, 1.54) is 70.1 Å². The lowest BCUT2D eigenvalue weighted by Gasteiger charge is -2.40. The fraction of sp³-hybridized carbons (Fsp3) is 0.548. The number of aryl methyl sites for hydroxylation is 1.